The molecule has 4 heteroatoms. The maximum Gasteiger partial charge on any atom is 0.221 e. The molecule has 4 nitrogen and oxygen atoms in total. The maximum atomic E-state index is 10.4. The SMILES string of the molecule is NC(=O)Cc1ccc(N)cc1.Nc1ccccc1. The first-order valence-corrected chi connectivity index (χ1v) is 5.51. The second-order valence-electron chi connectivity index (χ2n) is 3.80. The molecule has 0 aliphatic rings. The van der Waals surface area contributed by atoms with Gasteiger partial charge in [0.25, 0.3) is 0 Å². The highest BCUT2D eigenvalue weighted by Gasteiger charge is 1.96. The number of para-hydroxylation sites is 1. The number of primary amides is 1. The third-order valence-electron chi connectivity index (χ3n) is 2.16. The molecule has 6 N–H and O–H groups in total. The number of hydrogen-bond acceptors (Lipinski definition) is 3. The van der Waals surface area contributed by atoms with Crippen molar-refractivity contribution in [2.45, 2.75) is 6.42 Å². The number of rotatable bonds is 2. The molecule has 0 aromatic heterocycles. The second kappa shape index (κ2) is 6.96. The average Bonchev–Trinajstić information content (AvgIpc) is 2.33. The Labute approximate surface area is 106 Å². The molecule has 0 heterocycles. The average molecular weight is 243 g/mol. The summed E-state index contributed by atoms with van der Waals surface area (Å²) in [5, 5.41) is 0. The van der Waals surface area contributed by atoms with E-state index in [0.29, 0.717) is 5.69 Å². The number of carbonyl (C=O) groups is 1. The Kier molecular flexibility index (Phi) is 5.25. The lowest BCUT2D eigenvalue weighted by molar-refractivity contribution is -0.117. The molecule has 2 aromatic rings. The van der Waals surface area contributed by atoms with Gasteiger partial charge in [-0.3, -0.25) is 4.79 Å². The van der Waals surface area contributed by atoms with Crippen LogP contribution in [0.4, 0.5) is 11.4 Å². The molecule has 2 rings (SSSR count). The highest BCUT2D eigenvalue weighted by atomic mass is 16.1. The van der Waals surface area contributed by atoms with Crippen LogP contribution in [0.3, 0.4) is 0 Å². The number of carbonyl (C=O) groups excluding carboxylic acids is 1. The van der Waals surface area contributed by atoms with Crippen LogP contribution in [0.1, 0.15) is 5.56 Å². The standard InChI is InChI=1S/C8H10N2O.C6H7N/c9-7-3-1-6(2-4-7)5-8(10)11;7-6-4-2-1-3-5-6/h1-4H,5,9H2,(H2,10,11);1-5H,7H2. The van der Waals surface area contributed by atoms with E-state index in [0.717, 1.165) is 11.3 Å². The summed E-state index contributed by atoms with van der Waals surface area (Å²) >= 11 is 0. The van der Waals surface area contributed by atoms with E-state index in [1.165, 1.54) is 0 Å². The predicted molar refractivity (Wildman–Crippen MR) is 74.6 cm³/mol. The lowest BCUT2D eigenvalue weighted by Crippen LogP contribution is -2.13. The van der Waals surface area contributed by atoms with Gasteiger partial charge < -0.3 is 17.2 Å². The molecule has 0 saturated heterocycles. The number of nitrogen functional groups attached to an aromatic ring is 2. The van der Waals surface area contributed by atoms with Gasteiger partial charge in [-0.05, 0) is 29.8 Å². The third-order valence-corrected chi connectivity index (χ3v) is 2.16. The highest BCUT2D eigenvalue weighted by Crippen LogP contribution is 2.05. The van der Waals surface area contributed by atoms with Gasteiger partial charge in [0.15, 0.2) is 0 Å². The first-order valence-electron chi connectivity index (χ1n) is 5.51. The van der Waals surface area contributed by atoms with Crippen molar-refractivity contribution in [3.05, 3.63) is 60.2 Å². The van der Waals surface area contributed by atoms with Gasteiger partial charge in [-0.2, -0.15) is 0 Å². The van der Waals surface area contributed by atoms with Crippen molar-refractivity contribution in [1.82, 2.24) is 0 Å². The number of nitrogens with two attached hydrogens (primary N) is 3. The van der Waals surface area contributed by atoms with Crippen LogP contribution in [0.25, 0.3) is 0 Å². The van der Waals surface area contributed by atoms with Crippen LogP contribution in [0.5, 0.6) is 0 Å². The minimum absolute atomic E-state index is 0.278. The maximum absolute atomic E-state index is 10.4. The fraction of sp³-hybridized carbons (Fsp3) is 0.0714. The lowest BCUT2D eigenvalue weighted by atomic mass is 10.1. The van der Waals surface area contributed by atoms with Crippen LogP contribution in [0.2, 0.25) is 0 Å². The van der Waals surface area contributed by atoms with Crippen LogP contribution in [0, 0.1) is 0 Å². The quantitative estimate of drug-likeness (QED) is 0.698. The van der Waals surface area contributed by atoms with E-state index >= 15 is 0 Å². The van der Waals surface area contributed by atoms with Gasteiger partial charge in [-0.1, -0.05) is 30.3 Å². The van der Waals surface area contributed by atoms with Gasteiger partial charge >= 0.3 is 0 Å². The summed E-state index contributed by atoms with van der Waals surface area (Å²) in [5.74, 6) is -0.324. The van der Waals surface area contributed by atoms with Gasteiger partial charge in [0.1, 0.15) is 0 Å². The van der Waals surface area contributed by atoms with Crippen LogP contribution in [0.15, 0.2) is 54.6 Å². The number of amides is 1. The topological polar surface area (TPSA) is 95.1 Å². The summed E-state index contributed by atoms with van der Waals surface area (Å²) in [6.45, 7) is 0. The second-order valence-corrected chi connectivity index (χ2v) is 3.80. The van der Waals surface area contributed by atoms with E-state index in [4.69, 9.17) is 17.2 Å². The smallest absolute Gasteiger partial charge is 0.221 e. The van der Waals surface area contributed by atoms with Crippen molar-refractivity contribution in [3.63, 3.8) is 0 Å². The number of benzene rings is 2. The molecule has 0 spiro atoms. The molecule has 0 fully saturated rings. The van der Waals surface area contributed by atoms with Crippen molar-refractivity contribution in [1.29, 1.82) is 0 Å². The van der Waals surface area contributed by atoms with Crippen LogP contribution < -0.4 is 17.2 Å². The zero-order valence-corrected chi connectivity index (χ0v) is 10.0. The molecule has 0 unspecified atom stereocenters. The van der Waals surface area contributed by atoms with E-state index in [2.05, 4.69) is 0 Å². The monoisotopic (exact) mass is 243 g/mol. The van der Waals surface area contributed by atoms with Gasteiger partial charge in [0.2, 0.25) is 5.91 Å². The molecule has 0 atom stereocenters. The summed E-state index contributed by atoms with van der Waals surface area (Å²) in [7, 11) is 0. The Balaban J connectivity index is 0.000000199. The molecule has 0 radical (unpaired) electrons. The van der Waals surface area contributed by atoms with Crippen LogP contribution in [-0.2, 0) is 11.2 Å². The van der Waals surface area contributed by atoms with Crippen molar-refractivity contribution >= 4 is 17.3 Å². The Morgan fingerprint density at radius 3 is 1.72 bits per heavy atom. The Hall–Kier alpha value is -2.49. The summed E-state index contributed by atoms with van der Waals surface area (Å²) < 4.78 is 0. The van der Waals surface area contributed by atoms with Crippen molar-refractivity contribution in [2.75, 3.05) is 11.5 Å². The van der Waals surface area contributed by atoms with E-state index < -0.39 is 0 Å². The lowest BCUT2D eigenvalue weighted by Gasteiger charge is -1.96. The van der Waals surface area contributed by atoms with E-state index in [1.807, 2.05) is 30.3 Å². The fourth-order valence-electron chi connectivity index (χ4n) is 1.29. The summed E-state index contributed by atoms with van der Waals surface area (Å²) in [6, 6.07) is 16.6. The minimum Gasteiger partial charge on any atom is -0.399 e. The molecule has 0 aliphatic heterocycles. The highest BCUT2D eigenvalue weighted by molar-refractivity contribution is 5.76. The summed E-state index contributed by atoms with van der Waals surface area (Å²) in [6.07, 6.45) is 0.278. The molecule has 0 aliphatic carbocycles. The zero-order chi connectivity index (χ0) is 13.4. The van der Waals surface area contributed by atoms with E-state index in [-0.39, 0.29) is 12.3 Å². The molecule has 1 amide bonds. The Bertz CT molecular complexity index is 480. The number of anilines is 2. The Morgan fingerprint density at radius 2 is 1.33 bits per heavy atom. The van der Waals surface area contributed by atoms with Gasteiger partial charge in [-0.25, -0.2) is 0 Å². The molecule has 94 valence electrons. The zero-order valence-electron chi connectivity index (χ0n) is 10.0. The summed E-state index contributed by atoms with van der Waals surface area (Å²) in [4.78, 5) is 10.4. The largest absolute Gasteiger partial charge is 0.399 e. The van der Waals surface area contributed by atoms with Crippen molar-refractivity contribution < 1.29 is 4.79 Å². The van der Waals surface area contributed by atoms with Gasteiger partial charge in [0, 0.05) is 11.4 Å². The molecule has 0 saturated carbocycles. The van der Waals surface area contributed by atoms with E-state index in [9.17, 15) is 4.79 Å². The van der Waals surface area contributed by atoms with Crippen LogP contribution in [-0.4, -0.2) is 5.91 Å². The summed E-state index contributed by atoms with van der Waals surface area (Å²) in [5.41, 5.74) is 18.2. The van der Waals surface area contributed by atoms with Crippen LogP contribution >= 0.6 is 0 Å². The third kappa shape index (κ3) is 5.55. The first kappa shape index (κ1) is 13.6. The molecule has 18 heavy (non-hydrogen) atoms. The minimum atomic E-state index is -0.324. The van der Waals surface area contributed by atoms with Crippen molar-refractivity contribution in [3.8, 4) is 0 Å². The Morgan fingerprint density at radius 1 is 0.833 bits per heavy atom. The molecular formula is C14H17N3O. The molecule has 0 bridgehead atoms. The normalized spacial score (nSPS) is 9.11. The molecule has 2 aromatic carbocycles. The van der Waals surface area contributed by atoms with Gasteiger partial charge in [0.05, 0.1) is 6.42 Å². The number of hydrogen-bond donors (Lipinski definition) is 3. The fourth-order valence-corrected chi connectivity index (χ4v) is 1.29. The first-order chi connectivity index (χ1) is 8.58. The van der Waals surface area contributed by atoms with E-state index in [1.54, 1.807) is 24.3 Å². The molecular weight excluding hydrogens is 226 g/mol. The van der Waals surface area contributed by atoms with Gasteiger partial charge in [-0.15, -0.1) is 0 Å². The van der Waals surface area contributed by atoms with Crippen molar-refractivity contribution in [2.24, 2.45) is 5.73 Å². The predicted octanol–water partition coefficient (Wildman–Crippen LogP) is 1.57.